The summed E-state index contributed by atoms with van der Waals surface area (Å²) in [4.78, 5) is 17.8. The lowest BCUT2D eigenvalue weighted by molar-refractivity contribution is 0.0998. The number of aromatic nitrogens is 1. The molecule has 1 atom stereocenters. The van der Waals surface area contributed by atoms with Gasteiger partial charge < -0.3 is 9.30 Å². The summed E-state index contributed by atoms with van der Waals surface area (Å²) in [6.07, 6.45) is 1.91. The molecule has 7 nitrogen and oxygen atoms in total. The number of hydrogen-bond donors (Lipinski definition) is 0. The highest BCUT2D eigenvalue weighted by molar-refractivity contribution is 7.89. The molecular weight excluding hydrogens is 446 g/mol. The van der Waals surface area contributed by atoms with Gasteiger partial charge in [-0.25, -0.2) is 8.42 Å². The smallest absolute Gasteiger partial charge is 0.279 e. The molecule has 1 aromatic heterocycles. The Hall–Kier alpha value is -2.49. The highest BCUT2D eigenvalue weighted by Gasteiger charge is 2.28. The van der Waals surface area contributed by atoms with Crippen molar-refractivity contribution in [1.29, 1.82) is 0 Å². The molecule has 32 heavy (non-hydrogen) atoms. The van der Waals surface area contributed by atoms with Gasteiger partial charge in [-0.1, -0.05) is 24.3 Å². The van der Waals surface area contributed by atoms with Crippen molar-refractivity contribution in [2.24, 2.45) is 18.0 Å². The molecule has 0 aliphatic carbocycles. The number of piperidine rings is 1. The molecule has 170 valence electrons. The molecule has 1 amide bonds. The minimum atomic E-state index is -3.56. The van der Waals surface area contributed by atoms with Crippen LogP contribution in [0, 0.1) is 5.92 Å². The zero-order chi connectivity index (χ0) is 22.9. The van der Waals surface area contributed by atoms with E-state index in [0.717, 1.165) is 28.8 Å². The van der Waals surface area contributed by atoms with E-state index in [1.54, 1.807) is 0 Å². The maximum absolute atomic E-state index is 12.9. The molecular formula is C23H27N3O4S2. The Balaban J connectivity index is 1.62. The van der Waals surface area contributed by atoms with Crippen LogP contribution < -0.4 is 9.54 Å². The van der Waals surface area contributed by atoms with Crippen molar-refractivity contribution < 1.29 is 17.9 Å². The second-order valence-corrected chi connectivity index (χ2v) is 11.0. The minimum Gasteiger partial charge on any atom is -0.492 e. The first kappa shape index (κ1) is 22.7. The number of carbonyl (C=O) groups is 1. The Bertz CT molecular complexity index is 1310. The van der Waals surface area contributed by atoms with E-state index in [9.17, 15) is 13.2 Å². The summed E-state index contributed by atoms with van der Waals surface area (Å²) in [6, 6.07) is 11.8. The number of hydrogen-bond acceptors (Lipinski definition) is 5. The summed E-state index contributed by atoms with van der Waals surface area (Å²) >= 11 is 1.41. The summed E-state index contributed by atoms with van der Waals surface area (Å²) in [5.41, 5.74) is 1.24. The number of fused-ring (bicyclic) bond motifs is 1. The van der Waals surface area contributed by atoms with Gasteiger partial charge >= 0.3 is 0 Å². The first-order valence-electron chi connectivity index (χ1n) is 10.7. The van der Waals surface area contributed by atoms with Gasteiger partial charge in [0.05, 0.1) is 16.2 Å². The van der Waals surface area contributed by atoms with Gasteiger partial charge in [-0.05, 0) is 62.1 Å². The van der Waals surface area contributed by atoms with Gasteiger partial charge in [0.2, 0.25) is 10.0 Å². The third kappa shape index (κ3) is 4.37. The van der Waals surface area contributed by atoms with Crippen LogP contribution in [0.3, 0.4) is 0 Å². The molecule has 0 unspecified atom stereocenters. The van der Waals surface area contributed by atoms with E-state index in [1.165, 1.54) is 39.9 Å². The predicted octanol–water partition coefficient (Wildman–Crippen LogP) is 3.80. The minimum absolute atomic E-state index is 0.205. The van der Waals surface area contributed by atoms with Crippen molar-refractivity contribution in [2.45, 2.75) is 31.6 Å². The third-order valence-corrected chi connectivity index (χ3v) is 8.62. The average Bonchev–Trinajstić information content (AvgIpc) is 3.10. The lowest BCUT2D eigenvalue weighted by Crippen LogP contribution is -2.39. The lowest BCUT2D eigenvalue weighted by atomic mass is 10.0. The molecule has 4 rings (SSSR count). The Morgan fingerprint density at radius 2 is 1.97 bits per heavy atom. The van der Waals surface area contributed by atoms with Gasteiger partial charge in [-0.15, -0.1) is 0 Å². The van der Waals surface area contributed by atoms with E-state index in [4.69, 9.17) is 4.74 Å². The van der Waals surface area contributed by atoms with Gasteiger partial charge in [0.15, 0.2) is 4.80 Å². The number of sulfonamides is 1. The number of para-hydroxylation sites is 1. The molecule has 0 spiro atoms. The van der Waals surface area contributed by atoms with Crippen LogP contribution in [-0.2, 0) is 17.1 Å². The van der Waals surface area contributed by atoms with Crippen LogP contribution in [0.4, 0.5) is 0 Å². The van der Waals surface area contributed by atoms with Crippen LogP contribution in [0.25, 0.3) is 10.2 Å². The van der Waals surface area contributed by atoms with Crippen LogP contribution >= 0.6 is 11.3 Å². The van der Waals surface area contributed by atoms with E-state index in [1.807, 2.05) is 36.7 Å². The standard InChI is InChI=1S/C23H27N3O4S2/c1-4-30-19-8-5-9-20-21(19)25(3)23(31-20)24-22(27)17-10-12-18(13-11-17)32(28,29)26-14-6-7-16(2)15-26/h5,8-13,16H,4,6-7,14-15H2,1-3H3/t16-/m1/s1. The fourth-order valence-corrected chi connectivity index (χ4v) is 6.61. The Kier molecular flexibility index (Phi) is 6.50. The summed E-state index contributed by atoms with van der Waals surface area (Å²) in [5, 5.41) is 0. The number of aryl methyl sites for hydroxylation is 1. The SMILES string of the molecule is CCOc1cccc2sc(=NC(=O)c3ccc(S(=O)(=O)N4CCC[C@@H](C)C4)cc3)n(C)c12. The lowest BCUT2D eigenvalue weighted by Gasteiger charge is -2.30. The van der Waals surface area contributed by atoms with Crippen molar-refractivity contribution in [3.63, 3.8) is 0 Å². The van der Waals surface area contributed by atoms with Gasteiger partial charge in [0.25, 0.3) is 5.91 Å². The molecule has 0 N–H and O–H groups in total. The maximum Gasteiger partial charge on any atom is 0.279 e. The monoisotopic (exact) mass is 473 g/mol. The first-order chi connectivity index (χ1) is 15.3. The number of rotatable bonds is 5. The van der Waals surface area contributed by atoms with Crippen LogP contribution in [0.1, 0.15) is 37.0 Å². The van der Waals surface area contributed by atoms with Crippen molar-refractivity contribution in [3.05, 3.63) is 52.8 Å². The Morgan fingerprint density at radius 1 is 1.22 bits per heavy atom. The molecule has 0 saturated carbocycles. The van der Waals surface area contributed by atoms with E-state index in [-0.39, 0.29) is 4.90 Å². The fraction of sp³-hybridized carbons (Fsp3) is 0.391. The number of ether oxygens (including phenoxy) is 1. The molecule has 0 radical (unpaired) electrons. The molecule has 1 saturated heterocycles. The normalized spacial score (nSPS) is 18.2. The van der Waals surface area contributed by atoms with Gasteiger partial charge in [0.1, 0.15) is 11.3 Å². The highest BCUT2D eigenvalue weighted by Crippen LogP contribution is 2.27. The number of nitrogens with zero attached hydrogens (tertiary/aromatic N) is 3. The molecule has 9 heteroatoms. The molecule has 3 aromatic rings. The van der Waals surface area contributed by atoms with E-state index < -0.39 is 15.9 Å². The zero-order valence-electron chi connectivity index (χ0n) is 18.4. The number of benzene rings is 2. The zero-order valence-corrected chi connectivity index (χ0v) is 20.1. The Labute approximate surface area is 192 Å². The molecule has 2 heterocycles. The fourth-order valence-electron chi connectivity index (χ4n) is 3.98. The van der Waals surface area contributed by atoms with Crippen molar-refractivity contribution in [2.75, 3.05) is 19.7 Å². The van der Waals surface area contributed by atoms with E-state index in [0.29, 0.717) is 36.0 Å². The number of carbonyl (C=O) groups excluding carboxylic acids is 1. The van der Waals surface area contributed by atoms with Crippen LogP contribution in [0.2, 0.25) is 0 Å². The van der Waals surface area contributed by atoms with E-state index >= 15 is 0 Å². The summed E-state index contributed by atoms with van der Waals surface area (Å²) in [7, 11) is -1.71. The van der Waals surface area contributed by atoms with Crippen molar-refractivity contribution >= 4 is 37.5 Å². The van der Waals surface area contributed by atoms with E-state index in [2.05, 4.69) is 11.9 Å². The third-order valence-electron chi connectivity index (χ3n) is 5.64. The highest BCUT2D eigenvalue weighted by atomic mass is 32.2. The maximum atomic E-state index is 12.9. The quantitative estimate of drug-likeness (QED) is 0.565. The van der Waals surface area contributed by atoms with Crippen LogP contribution in [0.5, 0.6) is 5.75 Å². The second-order valence-electron chi connectivity index (χ2n) is 8.03. The Morgan fingerprint density at radius 3 is 2.66 bits per heavy atom. The van der Waals surface area contributed by atoms with Crippen molar-refractivity contribution in [1.82, 2.24) is 8.87 Å². The molecule has 0 bridgehead atoms. The molecule has 1 fully saturated rings. The summed E-state index contributed by atoms with van der Waals surface area (Å²) in [6.45, 7) is 5.61. The van der Waals surface area contributed by atoms with Gasteiger partial charge in [-0.2, -0.15) is 9.30 Å². The molecule has 1 aliphatic rings. The summed E-state index contributed by atoms with van der Waals surface area (Å²) < 4.78 is 35.9. The number of amides is 1. The van der Waals surface area contributed by atoms with Crippen LogP contribution in [0.15, 0.2) is 52.4 Å². The number of thiazole rings is 1. The first-order valence-corrected chi connectivity index (χ1v) is 13.0. The largest absolute Gasteiger partial charge is 0.492 e. The molecule has 1 aliphatic heterocycles. The molecule has 2 aromatic carbocycles. The van der Waals surface area contributed by atoms with Gasteiger partial charge in [0, 0.05) is 25.7 Å². The average molecular weight is 474 g/mol. The second kappa shape index (κ2) is 9.17. The topological polar surface area (TPSA) is 81.0 Å². The van der Waals surface area contributed by atoms with Crippen LogP contribution in [-0.4, -0.2) is 42.9 Å². The predicted molar refractivity (Wildman–Crippen MR) is 125 cm³/mol. The van der Waals surface area contributed by atoms with Gasteiger partial charge in [-0.3, -0.25) is 4.79 Å². The summed E-state index contributed by atoms with van der Waals surface area (Å²) in [5.74, 6) is 0.684. The van der Waals surface area contributed by atoms with Crippen molar-refractivity contribution in [3.8, 4) is 5.75 Å².